The van der Waals surface area contributed by atoms with Crippen molar-refractivity contribution in [3.05, 3.63) is 29.6 Å². The van der Waals surface area contributed by atoms with Crippen LogP contribution in [0, 0.1) is 6.92 Å². The third kappa shape index (κ3) is 1.54. The number of likely N-dealkylation sites (tertiary alicyclic amines) is 1. The highest BCUT2D eigenvalue weighted by atomic mass is 16.2. The Hall–Kier alpha value is -1.38. The molecule has 0 radical (unpaired) electrons. The van der Waals surface area contributed by atoms with Crippen molar-refractivity contribution in [1.82, 2.24) is 9.88 Å². The van der Waals surface area contributed by atoms with Gasteiger partial charge in [0, 0.05) is 25.0 Å². The number of amides is 1. The van der Waals surface area contributed by atoms with Crippen molar-refractivity contribution in [2.24, 2.45) is 0 Å². The molecule has 3 nitrogen and oxygen atoms in total. The van der Waals surface area contributed by atoms with Gasteiger partial charge in [-0.2, -0.15) is 0 Å². The highest BCUT2D eigenvalue weighted by molar-refractivity contribution is 5.94. The lowest BCUT2D eigenvalue weighted by atomic mass is 10.1. The lowest BCUT2D eigenvalue weighted by Gasteiger charge is -2.30. The first-order valence-electron chi connectivity index (χ1n) is 4.49. The molecule has 0 aliphatic carbocycles. The van der Waals surface area contributed by atoms with Crippen LogP contribution in [-0.4, -0.2) is 28.9 Å². The van der Waals surface area contributed by atoms with Crippen LogP contribution < -0.4 is 0 Å². The Kier molecular flexibility index (Phi) is 2.00. The van der Waals surface area contributed by atoms with E-state index in [0.717, 1.165) is 25.2 Å². The molecule has 1 aromatic heterocycles. The van der Waals surface area contributed by atoms with Crippen LogP contribution in [0.1, 0.15) is 22.5 Å². The molecule has 1 aliphatic heterocycles. The third-order valence-electron chi connectivity index (χ3n) is 2.30. The molecule has 0 saturated carbocycles. The fourth-order valence-electron chi connectivity index (χ4n) is 1.30. The Bertz CT molecular complexity index is 314. The van der Waals surface area contributed by atoms with E-state index in [9.17, 15) is 4.79 Å². The Morgan fingerprint density at radius 1 is 1.46 bits per heavy atom. The number of aromatic nitrogens is 1. The van der Waals surface area contributed by atoms with Crippen molar-refractivity contribution in [1.29, 1.82) is 0 Å². The van der Waals surface area contributed by atoms with Gasteiger partial charge in [0.05, 0.1) is 5.56 Å². The van der Waals surface area contributed by atoms with Crippen LogP contribution in [0.25, 0.3) is 0 Å². The normalized spacial score (nSPS) is 15.3. The minimum absolute atomic E-state index is 0.110. The number of hydrogen-bond acceptors (Lipinski definition) is 2. The molecule has 13 heavy (non-hydrogen) atoms. The molecular formula is C10H12N2O. The predicted octanol–water partition coefficient (Wildman–Crippen LogP) is 1.24. The molecule has 0 unspecified atom stereocenters. The maximum absolute atomic E-state index is 11.6. The van der Waals surface area contributed by atoms with Gasteiger partial charge >= 0.3 is 0 Å². The molecule has 0 aromatic carbocycles. The van der Waals surface area contributed by atoms with Crippen LogP contribution in [0.4, 0.5) is 0 Å². The second-order valence-electron chi connectivity index (χ2n) is 3.33. The van der Waals surface area contributed by atoms with Gasteiger partial charge in [-0.05, 0) is 25.5 Å². The maximum atomic E-state index is 11.6. The predicted molar refractivity (Wildman–Crippen MR) is 49.5 cm³/mol. The Morgan fingerprint density at radius 3 is 2.69 bits per heavy atom. The maximum Gasteiger partial charge on any atom is 0.255 e. The second kappa shape index (κ2) is 3.17. The molecule has 3 heteroatoms. The topological polar surface area (TPSA) is 33.2 Å². The van der Waals surface area contributed by atoms with E-state index in [2.05, 4.69) is 4.98 Å². The minimum Gasteiger partial charge on any atom is -0.338 e. The zero-order valence-electron chi connectivity index (χ0n) is 7.66. The zero-order chi connectivity index (χ0) is 9.26. The summed E-state index contributed by atoms with van der Waals surface area (Å²) in [6.45, 7) is 3.71. The fraction of sp³-hybridized carbons (Fsp3) is 0.400. The van der Waals surface area contributed by atoms with Gasteiger partial charge in [-0.3, -0.25) is 9.78 Å². The minimum atomic E-state index is 0.110. The zero-order valence-corrected chi connectivity index (χ0v) is 7.66. The van der Waals surface area contributed by atoms with E-state index in [0.29, 0.717) is 5.56 Å². The van der Waals surface area contributed by atoms with Crippen LogP contribution in [0.2, 0.25) is 0 Å². The Balaban J connectivity index is 2.15. The lowest BCUT2D eigenvalue weighted by molar-refractivity contribution is 0.0651. The van der Waals surface area contributed by atoms with E-state index < -0.39 is 0 Å². The fourth-order valence-corrected chi connectivity index (χ4v) is 1.30. The number of carbonyl (C=O) groups is 1. The van der Waals surface area contributed by atoms with Gasteiger partial charge in [-0.15, -0.1) is 0 Å². The average molecular weight is 176 g/mol. The van der Waals surface area contributed by atoms with E-state index >= 15 is 0 Å². The number of rotatable bonds is 1. The Labute approximate surface area is 77.4 Å². The molecule has 0 N–H and O–H groups in total. The quantitative estimate of drug-likeness (QED) is 0.645. The summed E-state index contributed by atoms with van der Waals surface area (Å²) in [4.78, 5) is 17.6. The van der Waals surface area contributed by atoms with E-state index in [1.165, 1.54) is 0 Å². The summed E-state index contributed by atoms with van der Waals surface area (Å²) in [5.41, 5.74) is 1.64. The molecule has 1 aliphatic rings. The van der Waals surface area contributed by atoms with E-state index in [4.69, 9.17) is 0 Å². The highest BCUT2D eigenvalue weighted by Crippen LogP contribution is 2.11. The van der Waals surface area contributed by atoms with Crippen LogP contribution in [0.5, 0.6) is 0 Å². The van der Waals surface area contributed by atoms with Crippen molar-refractivity contribution < 1.29 is 4.79 Å². The van der Waals surface area contributed by atoms with Crippen molar-refractivity contribution in [3.63, 3.8) is 0 Å². The standard InChI is InChI=1S/C10H12N2O/c1-8-3-4-9(7-11-8)10(13)12-5-2-6-12/h3-4,7H,2,5-6H2,1H3. The van der Waals surface area contributed by atoms with Crippen LogP contribution in [0.3, 0.4) is 0 Å². The van der Waals surface area contributed by atoms with Gasteiger partial charge in [-0.25, -0.2) is 0 Å². The van der Waals surface area contributed by atoms with E-state index in [1.54, 1.807) is 6.20 Å². The number of aryl methyl sites for hydroxylation is 1. The van der Waals surface area contributed by atoms with Gasteiger partial charge < -0.3 is 4.90 Å². The monoisotopic (exact) mass is 176 g/mol. The number of nitrogens with zero attached hydrogens (tertiary/aromatic N) is 2. The van der Waals surface area contributed by atoms with Crippen molar-refractivity contribution in [2.45, 2.75) is 13.3 Å². The summed E-state index contributed by atoms with van der Waals surface area (Å²) < 4.78 is 0. The molecule has 2 rings (SSSR count). The highest BCUT2D eigenvalue weighted by Gasteiger charge is 2.21. The van der Waals surface area contributed by atoms with Crippen molar-refractivity contribution in [3.8, 4) is 0 Å². The van der Waals surface area contributed by atoms with Crippen molar-refractivity contribution >= 4 is 5.91 Å². The average Bonchev–Trinajstić information content (AvgIpc) is 2.02. The summed E-state index contributed by atoms with van der Waals surface area (Å²) in [6.07, 6.45) is 2.78. The molecular weight excluding hydrogens is 164 g/mol. The van der Waals surface area contributed by atoms with Crippen LogP contribution >= 0.6 is 0 Å². The SMILES string of the molecule is Cc1ccc(C(=O)N2CCC2)cn1. The van der Waals surface area contributed by atoms with Gasteiger partial charge in [0.1, 0.15) is 0 Å². The largest absolute Gasteiger partial charge is 0.338 e. The summed E-state index contributed by atoms with van der Waals surface area (Å²) in [6, 6.07) is 3.70. The molecule has 0 atom stereocenters. The van der Waals surface area contributed by atoms with Crippen molar-refractivity contribution in [2.75, 3.05) is 13.1 Å². The van der Waals surface area contributed by atoms with Crippen LogP contribution in [0.15, 0.2) is 18.3 Å². The molecule has 1 saturated heterocycles. The van der Waals surface area contributed by atoms with Gasteiger partial charge in [0.2, 0.25) is 0 Å². The summed E-state index contributed by atoms with van der Waals surface area (Å²) in [5, 5.41) is 0. The first-order valence-corrected chi connectivity index (χ1v) is 4.49. The smallest absolute Gasteiger partial charge is 0.255 e. The number of carbonyl (C=O) groups excluding carboxylic acids is 1. The number of hydrogen-bond donors (Lipinski definition) is 0. The molecule has 2 heterocycles. The first kappa shape index (κ1) is 8.23. The molecule has 1 amide bonds. The van der Waals surface area contributed by atoms with E-state index in [-0.39, 0.29) is 5.91 Å². The molecule has 1 fully saturated rings. The summed E-state index contributed by atoms with van der Waals surface area (Å²) >= 11 is 0. The molecule has 1 aromatic rings. The van der Waals surface area contributed by atoms with Crippen LogP contribution in [-0.2, 0) is 0 Å². The first-order chi connectivity index (χ1) is 6.27. The number of pyridine rings is 1. The van der Waals surface area contributed by atoms with Gasteiger partial charge in [0.25, 0.3) is 5.91 Å². The van der Waals surface area contributed by atoms with Gasteiger partial charge in [0.15, 0.2) is 0 Å². The summed E-state index contributed by atoms with van der Waals surface area (Å²) in [7, 11) is 0. The molecule has 0 spiro atoms. The van der Waals surface area contributed by atoms with Gasteiger partial charge in [-0.1, -0.05) is 0 Å². The van der Waals surface area contributed by atoms with E-state index in [1.807, 2.05) is 24.0 Å². The summed E-state index contributed by atoms with van der Waals surface area (Å²) in [5.74, 6) is 0.110. The molecule has 0 bridgehead atoms. The molecule has 68 valence electrons. The second-order valence-corrected chi connectivity index (χ2v) is 3.33. The lowest BCUT2D eigenvalue weighted by Crippen LogP contribution is -2.42. The third-order valence-corrected chi connectivity index (χ3v) is 2.30. The Morgan fingerprint density at radius 2 is 2.23 bits per heavy atom.